The van der Waals surface area contributed by atoms with Crippen molar-refractivity contribution in [3.8, 4) is 0 Å². The first kappa shape index (κ1) is 20.0. The molecule has 0 unspecified atom stereocenters. The summed E-state index contributed by atoms with van der Waals surface area (Å²) in [6, 6.07) is 0. The van der Waals surface area contributed by atoms with Crippen molar-refractivity contribution in [1.82, 2.24) is 0 Å². The van der Waals surface area contributed by atoms with Gasteiger partial charge in [-0.2, -0.15) is 0 Å². The van der Waals surface area contributed by atoms with Crippen LogP contribution >= 0.6 is 27.6 Å². The second kappa shape index (κ2) is 29.2. The molecule has 0 saturated heterocycles. The molecule has 0 bridgehead atoms. The van der Waals surface area contributed by atoms with Crippen molar-refractivity contribution in [2.45, 2.75) is 39.5 Å². The summed E-state index contributed by atoms with van der Waals surface area (Å²) in [7, 11) is 0. The molecule has 0 aromatic carbocycles. The van der Waals surface area contributed by atoms with Gasteiger partial charge in [-0.1, -0.05) is 26.7 Å². The van der Waals surface area contributed by atoms with E-state index in [4.69, 9.17) is 10.2 Å². The Kier molecular flexibility index (Phi) is 44.8. The zero-order valence-corrected chi connectivity index (χ0v) is 12.9. The molecule has 0 atom stereocenters. The summed E-state index contributed by atoms with van der Waals surface area (Å²) in [5.74, 6) is 0. The molecule has 2 N–H and O–H groups in total. The van der Waals surface area contributed by atoms with E-state index in [-0.39, 0.29) is 0 Å². The van der Waals surface area contributed by atoms with E-state index >= 15 is 0 Å². The molecule has 0 saturated carbocycles. The van der Waals surface area contributed by atoms with Gasteiger partial charge in [-0.3, -0.25) is 0 Å². The number of rotatable bonds is 4. The van der Waals surface area contributed by atoms with Gasteiger partial charge in [0.15, 0.2) is 0 Å². The zero-order valence-electron chi connectivity index (χ0n) is 8.34. The van der Waals surface area contributed by atoms with Crippen molar-refractivity contribution in [3.63, 3.8) is 0 Å². The van der Waals surface area contributed by atoms with E-state index in [1.807, 2.05) is 0 Å². The standard InChI is InChI=1S/2C4H10O.2BrH.V/c2*1-2-3-4-5;;;/h2*5H,2-4H2,1H3;2*1H;/q;;;;+2/p-2. The van der Waals surface area contributed by atoms with Gasteiger partial charge in [-0.05, 0) is 12.8 Å². The second-order valence-corrected chi connectivity index (χ2v) is 9.27. The van der Waals surface area contributed by atoms with Crippen LogP contribution in [0.5, 0.6) is 0 Å². The Hall–Kier alpha value is 1.46. The van der Waals surface area contributed by atoms with Crippen molar-refractivity contribution < 1.29 is 22.7 Å². The predicted octanol–water partition coefficient (Wildman–Crippen LogP) is 3.25. The van der Waals surface area contributed by atoms with Gasteiger partial charge in [0.05, 0.1) is 0 Å². The molecule has 0 aromatic heterocycles. The first-order valence-electron chi connectivity index (χ1n) is 4.38. The molecule has 0 radical (unpaired) electrons. The number of halogens is 2. The summed E-state index contributed by atoms with van der Waals surface area (Å²) in [6.45, 7) is 4.79. The fraction of sp³-hybridized carbons (Fsp3) is 1.00. The fourth-order valence-corrected chi connectivity index (χ4v) is 0.316. The predicted molar refractivity (Wildman–Crippen MR) is 61.8 cm³/mol. The number of hydrogen-bond donors (Lipinski definition) is 2. The van der Waals surface area contributed by atoms with Crippen LogP contribution < -0.4 is 0 Å². The SMILES string of the molecule is CCCCO.CCCCO.[Br][V][Br]. The number of aliphatic hydroxyl groups is 2. The van der Waals surface area contributed by atoms with Crippen LogP contribution in [0.4, 0.5) is 0 Å². The molecule has 0 amide bonds. The van der Waals surface area contributed by atoms with Crippen LogP contribution in [-0.2, 0) is 12.5 Å². The van der Waals surface area contributed by atoms with E-state index < -0.39 is 0 Å². The van der Waals surface area contributed by atoms with E-state index in [2.05, 4.69) is 41.5 Å². The fourth-order valence-electron chi connectivity index (χ4n) is 0.316. The Morgan fingerprint density at radius 1 is 0.923 bits per heavy atom. The van der Waals surface area contributed by atoms with Crippen LogP contribution in [0.2, 0.25) is 0 Å². The van der Waals surface area contributed by atoms with Gasteiger partial charge in [0.2, 0.25) is 0 Å². The Morgan fingerprint density at radius 2 is 1.15 bits per heavy atom. The van der Waals surface area contributed by atoms with Crippen molar-refractivity contribution in [2.24, 2.45) is 0 Å². The van der Waals surface area contributed by atoms with Gasteiger partial charge in [0.25, 0.3) is 0 Å². The van der Waals surface area contributed by atoms with Crippen molar-refractivity contribution in [3.05, 3.63) is 0 Å². The Labute approximate surface area is 103 Å². The molecule has 0 aliphatic carbocycles. The minimum absolute atomic E-state index is 0.312. The molecule has 0 spiro atoms. The van der Waals surface area contributed by atoms with Crippen molar-refractivity contribution in [2.75, 3.05) is 13.2 Å². The molecule has 0 aromatic rings. The first-order chi connectivity index (χ1) is 6.24. The van der Waals surface area contributed by atoms with Crippen molar-refractivity contribution in [1.29, 1.82) is 0 Å². The molecular formula is C8H20Br2O2V. The molecule has 0 heterocycles. The van der Waals surface area contributed by atoms with Crippen LogP contribution in [0.3, 0.4) is 0 Å². The molecule has 13 heavy (non-hydrogen) atoms. The summed E-state index contributed by atoms with van der Waals surface area (Å²) >= 11 is 6.62. The molecule has 0 fully saturated rings. The van der Waals surface area contributed by atoms with E-state index in [1.165, 1.54) is 0 Å². The molecule has 0 rings (SSSR count). The van der Waals surface area contributed by atoms with Gasteiger partial charge in [0.1, 0.15) is 0 Å². The Balaban J connectivity index is -0.000000120. The number of hydrogen-bond acceptors (Lipinski definition) is 2. The summed E-state index contributed by atoms with van der Waals surface area (Å²) in [5, 5.41) is 16.1. The first-order valence-corrected chi connectivity index (χ1v) is 11.3. The third-order valence-electron chi connectivity index (χ3n) is 1.02. The summed E-state index contributed by atoms with van der Waals surface area (Å²) in [6.07, 6.45) is 4.08. The Morgan fingerprint density at radius 3 is 1.15 bits per heavy atom. The third-order valence-corrected chi connectivity index (χ3v) is 1.02. The maximum atomic E-state index is 8.07. The zero-order chi connectivity index (χ0) is 10.9. The third kappa shape index (κ3) is 59.3. The summed E-state index contributed by atoms with van der Waals surface area (Å²) in [4.78, 5) is 0. The normalized spacial score (nSPS) is 7.54. The Bertz CT molecular complexity index is 49.4. The second-order valence-electron chi connectivity index (χ2n) is 2.22. The minimum atomic E-state index is 0.312. The van der Waals surface area contributed by atoms with Crippen LogP contribution in [0.25, 0.3) is 0 Å². The quantitative estimate of drug-likeness (QED) is 0.809. The van der Waals surface area contributed by atoms with Crippen LogP contribution in [0.15, 0.2) is 0 Å². The average Bonchev–Trinajstić information content (AvgIpc) is 2.09. The molecule has 2 nitrogen and oxygen atoms in total. The molecule has 0 aliphatic heterocycles. The van der Waals surface area contributed by atoms with E-state index in [1.54, 1.807) is 0 Å². The van der Waals surface area contributed by atoms with Crippen LogP contribution in [-0.4, -0.2) is 23.4 Å². The number of unbranched alkanes of at least 4 members (excludes halogenated alkanes) is 2. The monoisotopic (exact) mass is 357 g/mol. The van der Waals surface area contributed by atoms with Gasteiger partial charge in [0, 0.05) is 13.2 Å². The van der Waals surface area contributed by atoms with Crippen LogP contribution in [0.1, 0.15) is 39.5 Å². The van der Waals surface area contributed by atoms with Crippen molar-refractivity contribution >= 4 is 27.6 Å². The van der Waals surface area contributed by atoms with Crippen LogP contribution in [0, 0.1) is 0 Å². The van der Waals surface area contributed by atoms with E-state index in [0.29, 0.717) is 25.7 Å². The molecule has 5 heteroatoms. The maximum absolute atomic E-state index is 8.07. The molecule has 0 aliphatic rings. The van der Waals surface area contributed by atoms with Gasteiger partial charge in [-0.25, -0.2) is 0 Å². The average molecular weight is 359 g/mol. The summed E-state index contributed by atoms with van der Waals surface area (Å²) < 4.78 is 0. The van der Waals surface area contributed by atoms with Gasteiger partial charge >= 0.3 is 40.1 Å². The topological polar surface area (TPSA) is 40.5 Å². The van der Waals surface area contributed by atoms with Gasteiger partial charge < -0.3 is 10.2 Å². The number of aliphatic hydroxyl groups excluding tert-OH is 2. The van der Waals surface area contributed by atoms with Gasteiger partial charge in [-0.15, -0.1) is 0 Å². The molecular weight excluding hydrogens is 339 g/mol. The molecule has 83 valence electrons. The summed E-state index contributed by atoms with van der Waals surface area (Å²) in [5.41, 5.74) is 0. The van der Waals surface area contributed by atoms with E-state index in [0.717, 1.165) is 25.7 Å². The van der Waals surface area contributed by atoms with E-state index in [9.17, 15) is 0 Å².